The quantitative estimate of drug-likeness (QED) is 0.583. The van der Waals surface area contributed by atoms with Crippen LogP contribution in [0.1, 0.15) is 0 Å². The molecule has 0 bridgehead atoms. The lowest BCUT2D eigenvalue weighted by Crippen LogP contribution is -2.37. The molecule has 0 saturated carbocycles. The van der Waals surface area contributed by atoms with Crippen molar-refractivity contribution in [1.29, 1.82) is 0 Å². The number of morpholine rings is 1. The Morgan fingerprint density at radius 2 is 1.93 bits per heavy atom. The number of nitrogen functional groups attached to an aromatic ring is 1. The first-order valence-corrected chi connectivity index (χ1v) is 8.87. The van der Waals surface area contributed by atoms with Crippen LogP contribution < -0.4 is 10.6 Å². The minimum Gasteiger partial charge on any atom is -0.378 e. The number of ether oxygens (including phenoxy) is 1. The third-order valence-electron chi connectivity index (χ3n) is 4.90. The predicted molar refractivity (Wildman–Crippen MR) is 104 cm³/mol. The van der Waals surface area contributed by atoms with Gasteiger partial charge in [-0.25, -0.2) is 9.97 Å². The molecule has 0 atom stereocenters. The molecule has 1 saturated heterocycles. The summed E-state index contributed by atoms with van der Waals surface area (Å²) in [6, 6.07) is 8.37. The summed E-state index contributed by atoms with van der Waals surface area (Å²) in [5.41, 5.74) is 10.0. The Labute approximate surface area is 155 Å². The summed E-state index contributed by atoms with van der Waals surface area (Å²) in [4.78, 5) is 20.2. The average Bonchev–Trinajstić information content (AvgIpc) is 3.08. The van der Waals surface area contributed by atoms with Gasteiger partial charge in [-0.15, -0.1) is 0 Å². The van der Waals surface area contributed by atoms with Crippen LogP contribution in [0.15, 0.2) is 36.7 Å². The lowest BCUT2D eigenvalue weighted by Gasteiger charge is -2.28. The van der Waals surface area contributed by atoms with Gasteiger partial charge in [0, 0.05) is 42.8 Å². The van der Waals surface area contributed by atoms with Crippen molar-refractivity contribution >= 4 is 33.8 Å². The van der Waals surface area contributed by atoms with Crippen LogP contribution in [0.5, 0.6) is 0 Å². The number of fused-ring (bicyclic) bond motifs is 2. The van der Waals surface area contributed by atoms with E-state index in [0.717, 1.165) is 30.2 Å². The molecule has 1 aromatic carbocycles. The highest BCUT2D eigenvalue weighted by Gasteiger charge is 2.19. The number of rotatable bonds is 2. The van der Waals surface area contributed by atoms with Crippen LogP contribution in [0.25, 0.3) is 33.3 Å². The van der Waals surface area contributed by atoms with Gasteiger partial charge in [0.1, 0.15) is 0 Å². The van der Waals surface area contributed by atoms with Gasteiger partial charge in [-0.05, 0) is 18.2 Å². The van der Waals surface area contributed by atoms with E-state index in [9.17, 15) is 0 Å². The molecule has 5 rings (SSSR count). The zero-order valence-electron chi connectivity index (χ0n) is 15.0. The molecule has 0 unspecified atom stereocenters. The Bertz CT molecular complexity index is 1150. The molecule has 0 amide bonds. The third kappa shape index (κ3) is 2.74. The number of nitrogens with two attached hydrogens (primary N) is 1. The van der Waals surface area contributed by atoms with Crippen molar-refractivity contribution in [3.63, 3.8) is 0 Å². The Hall–Kier alpha value is -3.26. The normalized spacial score (nSPS) is 14.9. The zero-order chi connectivity index (χ0) is 18.4. The number of benzene rings is 1. The predicted octanol–water partition coefficient (Wildman–Crippen LogP) is 2.00. The van der Waals surface area contributed by atoms with E-state index in [0.29, 0.717) is 24.4 Å². The maximum atomic E-state index is 5.89. The topological polar surface area (TPSA) is 95.0 Å². The van der Waals surface area contributed by atoms with E-state index in [-0.39, 0.29) is 5.95 Å². The van der Waals surface area contributed by atoms with Gasteiger partial charge in [0.05, 0.1) is 25.1 Å². The second-order valence-corrected chi connectivity index (χ2v) is 6.63. The molecular formula is C19H19N7O. The number of aromatic nitrogens is 5. The van der Waals surface area contributed by atoms with E-state index >= 15 is 0 Å². The van der Waals surface area contributed by atoms with E-state index in [2.05, 4.69) is 48.7 Å². The van der Waals surface area contributed by atoms with E-state index in [1.807, 2.05) is 13.2 Å². The summed E-state index contributed by atoms with van der Waals surface area (Å²) < 4.78 is 7.54. The van der Waals surface area contributed by atoms with Crippen LogP contribution in [0.2, 0.25) is 0 Å². The van der Waals surface area contributed by atoms with Crippen molar-refractivity contribution in [3.8, 4) is 11.3 Å². The van der Waals surface area contributed by atoms with Crippen molar-refractivity contribution in [2.75, 3.05) is 36.9 Å². The highest BCUT2D eigenvalue weighted by Crippen LogP contribution is 2.27. The first-order chi connectivity index (χ1) is 13.2. The van der Waals surface area contributed by atoms with Gasteiger partial charge in [-0.3, -0.25) is 0 Å². The summed E-state index contributed by atoms with van der Waals surface area (Å²) in [6.45, 7) is 2.80. The largest absolute Gasteiger partial charge is 0.378 e. The van der Waals surface area contributed by atoms with Crippen molar-refractivity contribution in [2.24, 2.45) is 7.05 Å². The molecule has 0 spiro atoms. The van der Waals surface area contributed by atoms with Crippen molar-refractivity contribution < 1.29 is 4.74 Å². The maximum Gasteiger partial charge on any atom is 0.224 e. The summed E-state index contributed by atoms with van der Waals surface area (Å²) in [5.74, 6) is 0.924. The van der Waals surface area contributed by atoms with Crippen LogP contribution in [-0.2, 0) is 11.8 Å². The second kappa shape index (κ2) is 6.17. The Balaban J connectivity index is 1.65. The van der Waals surface area contributed by atoms with Gasteiger partial charge < -0.3 is 19.9 Å². The summed E-state index contributed by atoms with van der Waals surface area (Å²) in [6.07, 6.45) is 3.79. The van der Waals surface area contributed by atoms with Crippen LogP contribution in [0, 0.1) is 0 Å². The van der Waals surface area contributed by atoms with E-state index < -0.39 is 0 Å². The molecule has 136 valence electrons. The Morgan fingerprint density at radius 3 is 2.78 bits per heavy atom. The fraction of sp³-hybridized carbons (Fsp3) is 0.263. The molecule has 8 nitrogen and oxygen atoms in total. The van der Waals surface area contributed by atoms with Gasteiger partial charge in [0.25, 0.3) is 0 Å². The molecule has 0 aliphatic carbocycles. The third-order valence-corrected chi connectivity index (χ3v) is 4.90. The van der Waals surface area contributed by atoms with E-state index in [1.165, 1.54) is 10.9 Å². The molecule has 1 fully saturated rings. The molecule has 8 heteroatoms. The average molecular weight is 361 g/mol. The number of anilines is 2. The van der Waals surface area contributed by atoms with Gasteiger partial charge in [0.2, 0.25) is 5.95 Å². The summed E-state index contributed by atoms with van der Waals surface area (Å²) in [7, 11) is 2.04. The number of hydrogen-bond acceptors (Lipinski definition) is 7. The number of aryl methyl sites for hydroxylation is 1. The first-order valence-electron chi connectivity index (χ1n) is 8.87. The fourth-order valence-corrected chi connectivity index (χ4v) is 3.49. The molecule has 3 aromatic heterocycles. The minimum absolute atomic E-state index is 0.205. The monoisotopic (exact) mass is 361 g/mol. The lowest BCUT2D eigenvalue weighted by atomic mass is 10.1. The fourth-order valence-electron chi connectivity index (χ4n) is 3.49. The first kappa shape index (κ1) is 16.0. The Kier molecular flexibility index (Phi) is 3.64. The molecule has 4 heterocycles. The van der Waals surface area contributed by atoms with Gasteiger partial charge in [-0.2, -0.15) is 9.97 Å². The van der Waals surface area contributed by atoms with Gasteiger partial charge >= 0.3 is 0 Å². The summed E-state index contributed by atoms with van der Waals surface area (Å²) >= 11 is 0. The molecule has 27 heavy (non-hydrogen) atoms. The lowest BCUT2D eigenvalue weighted by molar-refractivity contribution is 0.122. The van der Waals surface area contributed by atoms with E-state index in [1.54, 1.807) is 6.20 Å². The van der Waals surface area contributed by atoms with Crippen molar-refractivity contribution in [1.82, 2.24) is 24.5 Å². The molecular weight excluding hydrogens is 342 g/mol. The maximum absolute atomic E-state index is 5.89. The van der Waals surface area contributed by atoms with Gasteiger partial charge in [0.15, 0.2) is 17.0 Å². The van der Waals surface area contributed by atoms with Crippen LogP contribution >= 0.6 is 0 Å². The smallest absolute Gasteiger partial charge is 0.224 e. The highest BCUT2D eigenvalue weighted by molar-refractivity contribution is 5.88. The van der Waals surface area contributed by atoms with Crippen LogP contribution in [-0.4, -0.2) is 50.8 Å². The van der Waals surface area contributed by atoms with Crippen LogP contribution in [0.3, 0.4) is 0 Å². The standard InChI is InChI=1S/C19H19N7O/c1-25-5-4-13-10-12(2-3-15(13)25)14-11-21-17-16(22-14)18(24-19(20)23-17)26-6-8-27-9-7-26/h2-5,10-11H,6-9H2,1H3,(H2,20,21,23,24). The van der Waals surface area contributed by atoms with Crippen molar-refractivity contribution in [3.05, 3.63) is 36.7 Å². The zero-order valence-corrected chi connectivity index (χ0v) is 15.0. The van der Waals surface area contributed by atoms with Gasteiger partial charge in [-0.1, -0.05) is 6.07 Å². The SMILES string of the molecule is Cn1ccc2cc(-c3cnc4nc(N)nc(N5CCOCC5)c4n3)ccc21. The molecule has 1 aliphatic heterocycles. The number of nitrogens with zero attached hydrogens (tertiary/aromatic N) is 6. The second-order valence-electron chi connectivity index (χ2n) is 6.63. The Morgan fingerprint density at radius 1 is 1.07 bits per heavy atom. The highest BCUT2D eigenvalue weighted by atomic mass is 16.5. The van der Waals surface area contributed by atoms with Crippen LogP contribution in [0.4, 0.5) is 11.8 Å². The molecule has 0 radical (unpaired) electrons. The molecule has 2 N–H and O–H groups in total. The van der Waals surface area contributed by atoms with E-state index in [4.69, 9.17) is 15.5 Å². The number of hydrogen-bond donors (Lipinski definition) is 1. The molecule has 1 aliphatic rings. The molecule has 4 aromatic rings. The summed E-state index contributed by atoms with van der Waals surface area (Å²) in [5, 5.41) is 1.17. The minimum atomic E-state index is 0.205. The van der Waals surface area contributed by atoms with Crippen molar-refractivity contribution in [2.45, 2.75) is 0 Å².